The van der Waals surface area contributed by atoms with Crippen LogP contribution < -0.4 is 10.2 Å². The molecular formula is C28H35N5O3. The molecule has 2 amide bonds. The van der Waals surface area contributed by atoms with Gasteiger partial charge in [0.25, 0.3) is 0 Å². The third-order valence-electron chi connectivity index (χ3n) is 6.97. The number of nitrogens with zero attached hydrogens (tertiary/aromatic N) is 4. The summed E-state index contributed by atoms with van der Waals surface area (Å²) in [6.45, 7) is 7.67. The first-order valence-electron chi connectivity index (χ1n) is 12.8. The normalized spacial score (nSPS) is 20.2. The third kappa shape index (κ3) is 4.90. The number of amides is 2. The van der Waals surface area contributed by atoms with E-state index in [9.17, 15) is 9.59 Å². The molecule has 0 aliphatic carbocycles. The van der Waals surface area contributed by atoms with Crippen LogP contribution in [0.4, 0.5) is 10.5 Å². The van der Waals surface area contributed by atoms with Crippen molar-refractivity contribution in [3.8, 4) is 11.4 Å². The number of anilines is 1. The summed E-state index contributed by atoms with van der Waals surface area (Å²) < 4.78 is 7.64. The number of para-hydroxylation sites is 2. The SMILES string of the molecule is Cn1c(-c2cccc(N3CC[C@H](NC(=O)C4CCCN4C(=O)OC(C)(C)C)C3)c2)nc2ccccc21. The molecule has 0 spiro atoms. The minimum absolute atomic E-state index is 0.0398. The van der Waals surface area contributed by atoms with Crippen molar-refractivity contribution in [2.24, 2.45) is 7.05 Å². The number of likely N-dealkylation sites (tertiary alicyclic amines) is 1. The number of carbonyl (C=O) groups excluding carboxylic acids is 2. The Hall–Kier alpha value is -3.55. The molecular weight excluding hydrogens is 454 g/mol. The van der Waals surface area contributed by atoms with Crippen molar-refractivity contribution in [3.05, 3.63) is 48.5 Å². The summed E-state index contributed by atoms with van der Waals surface area (Å²) >= 11 is 0. The van der Waals surface area contributed by atoms with Gasteiger partial charge in [0, 0.05) is 44.0 Å². The van der Waals surface area contributed by atoms with E-state index in [2.05, 4.69) is 45.1 Å². The molecule has 2 fully saturated rings. The maximum absolute atomic E-state index is 13.1. The van der Waals surface area contributed by atoms with Crippen LogP contribution in [0.1, 0.15) is 40.0 Å². The average Bonchev–Trinajstić information content (AvgIpc) is 3.57. The van der Waals surface area contributed by atoms with Crippen LogP contribution in [0, 0.1) is 0 Å². The van der Waals surface area contributed by atoms with Gasteiger partial charge in [-0.25, -0.2) is 9.78 Å². The number of ether oxygens (including phenoxy) is 1. The Kier molecular flexibility index (Phi) is 6.36. The highest BCUT2D eigenvalue weighted by molar-refractivity contribution is 5.86. The molecule has 190 valence electrons. The predicted molar refractivity (Wildman–Crippen MR) is 141 cm³/mol. The minimum Gasteiger partial charge on any atom is -0.444 e. The number of hydrogen-bond acceptors (Lipinski definition) is 5. The zero-order valence-electron chi connectivity index (χ0n) is 21.5. The first-order chi connectivity index (χ1) is 17.2. The second-order valence-electron chi connectivity index (χ2n) is 10.8. The molecule has 36 heavy (non-hydrogen) atoms. The number of imidazole rings is 1. The largest absolute Gasteiger partial charge is 0.444 e. The van der Waals surface area contributed by atoms with Crippen LogP contribution in [0.25, 0.3) is 22.4 Å². The molecule has 2 saturated heterocycles. The highest BCUT2D eigenvalue weighted by atomic mass is 16.6. The molecule has 3 aromatic rings. The molecule has 2 aliphatic heterocycles. The number of benzene rings is 2. The molecule has 8 heteroatoms. The second kappa shape index (κ2) is 9.48. The van der Waals surface area contributed by atoms with Crippen molar-refractivity contribution < 1.29 is 14.3 Å². The lowest BCUT2D eigenvalue weighted by Gasteiger charge is -2.28. The molecule has 0 radical (unpaired) electrons. The Balaban J connectivity index is 1.24. The van der Waals surface area contributed by atoms with Crippen LogP contribution in [-0.2, 0) is 16.6 Å². The van der Waals surface area contributed by atoms with Gasteiger partial charge in [-0.3, -0.25) is 9.69 Å². The van der Waals surface area contributed by atoms with Gasteiger partial charge in [-0.15, -0.1) is 0 Å². The van der Waals surface area contributed by atoms with Crippen molar-refractivity contribution >= 4 is 28.7 Å². The lowest BCUT2D eigenvalue weighted by atomic mass is 10.1. The Bertz CT molecular complexity index is 1280. The van der Waals surface area contributed by atoms with Gasteiger partial charge < -0.3 is 19.5 Å². The van der Waals surface area contributed by atoms with E-state index in [0.717, 1.165) is 54.0 Å². The van der Waals surface area contributed by atoms with Crippen LogP contribution in [0.15, 0.2) is 48.5 Å². The topological polar surface area (TPSA) is 79.7 Å². The maximum Gasteiger partial charge on any atom is 0.410 e. The van der Waals surface area contributed by atoms with Crippen molar-refractivity contribution in [3.63, 3.8) is 0 Å². The van der Waals surface area contributed by atoms with Gasteiger partial charge in [-0.05, 0) is 64.3 Å². The number of nitrogens with one attached hydrogen (secondary N) is 1. The lowest BCUT2D eigenvalue weighted by molar-refractivity contribution is -0.126. The average molecular weight is 490 g/mol. The van der Waals surface area contributed by atoms with Crippen LogP contribution in [0.5, 0.6) is 0 Å². The molecule has 2 atom stereocenters. The summed E-state index contributed by atoms with van der Waals surface area (Å²) in [5.41, 5.74) is 3.69. The zero-order chi connectivity index (χ0) is 25.4. The van der Waals surface area contributed by atoms with Gasteiger partial charge in [-0.1, -0.05) is 24.3 Å². The zero-order valence-corrected chi connectivity index (χ0v) is 21.5. The summed E-state index contributed by atoms with van der Waals surface area (Å²) in [7, 11) is 2.04. The molecule has 8 nitrogen and oxygen atoms in total. The Morgan fingerprint density at radius 1 is 1.06 bits per heavy atom. The van der Waals surface area contributed by atoms with Crippen LogP contribution >= 0.6 is 0 Å². The van der Waals surface area contributed by atoms with Gasteiger partial charge in [0.05, 0.1) is 11.0 Å². The molecule has 2 aliphatic rings. The van der Waals surface area contributed by atoms with E-state index in [0.29, 0.717) is 13.0 Å². The Morgan fingerprint density at radius 2 is 1.86 bits per heavy atom. The van der Waals surface area contributed by atoms with Crippen LogP contribution in [0.2, 0.25) is 0 Å². The van der Waals surface area contributed by atoms with Gasteiger partial charge in [-0.2, -0.15) is 0 Å². The van der Waals surface area contributed by atoms with Gasteiger partial charge in [0.2, 0.25) is 5.91 Å². The van der Waals surface area contributed by atoms with Gasteiger partial charge >= 0.3 is 6.09 Å². The molecule has 5 rings (SSSR count). The smallest absolute Gasteiger partial charge is 0.410 e. The lowest BCUT2D eigenvalue weighted by Crippen LogP contribution is -2.50. The first-order valence-corrected chi connectivity index (χ1v) is 12.8. The molecule has 1 aromatic heterocycles. The van der Waals surface area contributed by atoms with Gasteiger partial charge in [0.1, 0.15) is 17.5 Å². The van der Waals surface area contributed by atoms with E-state index in [-0.39, 0.29) is 11.9 Å². The van der Waals surface area contributed by atoms with E-state index in [4.69, 9.17) is 9.72 Å². The molecule has 0 saturated carbocycles. The van der Waals surface area contributed by atoms with E-state index >= 15 is 0 Å². The van der Waals surface area contributed by atoms with Gasteiger partial charge in [0.15, 0.2) is 0 Å². The summed E-state index contributed by atoms with van der Waals surface area (Å²) in [6.07, 6.45) is 1.93. The molecule has 2 aromatic carbocycles. The summed E-state index contributed by atoms with van der Waals surface area (Å²) in [5.74, 6) is 0.851. The van der Waals surface area contributed by atoms with Crippen molar-refractivity contribution in [1.29, 1.82) is 0 Å². The summed E-state index contributed by atoms with van der Waals surface area (Å²) in [4.78, 5) is 34.4. The number of fused-ring (bicyclic) bond motifs is 1. The number of aryl methyl sites for hydroxylation is 1. The number of hydrogen-bond donors (Lipinski definition) is 1. The summed E-state index contributed by atoms with van der Waals surface area (Å²) in [5, 5.41) is 3.19. The van der Waals surface area contributed by atoms with E-state index in [1.54, 1.807) is 4.90 Å². The van der Waals surface area contributed by atoms with Crippen molar-refractivity contribution in [1.82, 2.24) is 19.8 Å². The molecule has 3 heterocycles. The number of rotatable bonds is 4. The van der Waals surface area contributed by atoms with E-state index in [1.165, 1.54) is 0 Å². The fourth-order valence-electron chi connectivity index (χ4n) is 5.23. The highest BCUT2D eigenvalue weighted by Gasteiger charge is 2.38. The molecule has 1 N–H and O–H groups in total. The third-order valence-corrected chi connectivity index (χ3v) is 6.97. The Labute approximate surface area is 212 Å². The van der Waals surface area contributed by atoms with Crippen molar-refractivity contribution in [2.45, 2.75) is 57.7 Å². The van der Waals surface area contributed by atoms with Crippen LogP contribution in [0.3, 0.4) is 0 Å². The Morgan fingerprint density at radius 3 is 2.64 bits per heavy atom. The predicted octanol–water partition coefficient (Wildman–Crippen LogP) is 4.33. The monoisotopic (exact) mass is 489 g/mol. The fraction of sp³-hybridized carbons (Fsp3) is 0.464. The van der Waals surface area contributed by atoms with Crippen molar-refractivity contribution in [2.75, 3.05) is 24.5 Å². The second-order valence-corrected chi connectivity index (χ2v) is 10.8. The quantitative estimate of drug-likeness (QED) is 0.590. The summed E-state index contributed by atoms with van der Waals surface area (Å²) in [6, 6.07) is 16.2. The highest BCUT2D eigenvalue weighted by Crippen LogP contribution is 2.29. The number of aromatic nitrogens is 2. The fourth-order valence-corrected chi connectivity index (χ4v) is 5.23. The number of carbonyl (C=O) groups is 2. The minimum atomic E-state index is -0.581. The standard InChI is InChI=1S/C28H35N5O3/c1-28(2,3)36-27(35)33-15-8-13-24(33)26(34)29-20-14-16-32(18-20)21-10-7-9-19(17-21)25-30-22-11-5-6-12-23(22)31(25)4/h5-7,9-12,17,20,24H,8,13-16,18H2,1-4H3,(H,29,34)/t20-,24?/m0/s1. The molecule has 0 bridgehead atoms. The van der Waals surface area contributed by atoms with E-state index < -0.39 is 17.7 Å². The molecule has 1 unspecified atom stereocenters. The maximum atomic E-state index is 13.1. The first kappa shape index (κ1) is 24.2. The van der Waals surface area contributed by atoms with E-state index in [1.807, 2.05) is 46.0 Å². The van der Waals surface area contributed by atoms with Crippen LogP contribution in [-0.4, -0.2) is 63.8 Å².